The number of guanidine groups is 1. The van der Waals surface area contributed by atoms with Crippen LogP contribution in [-0.2, 0) is 15.7 Å². The van der Waals surface area contributed by atoms with Crippen LogP contribution in [0, 0.1) is 5.92 Å². The number of nitrogens with one attached hydrogen (secondary N) is 2. The summed E-state index contributed by atoms with van der Waals surface area (Å²) in [4.78, 5) is 25.8. The Morgan fingerprint density at radius 3 is 2.90 bits per heavy atom. The van der Waals surface area contributed by atoms with E-state index in [1.165, 1.54) is 0 Å². The average Bonchev–Trinajstić information content (AvgIpc) is 2.70. The van der Waals surface area contributed by atoms with Crippen LogP contribution in [0.25, 0.3) is 0 Å². The van der Waals surface area contributed by atoms with Crippen molar-refractivity contribution in [2.24, 2.45) is 10.9 Å². The molecule has 1 atom stereocenters. The molecule has 1 fully saturated rings. The average molecular weight is 416 g/mol. The molecule has 0 aromatic carbocycles. The van der Waals surface area contributed by atoms with E-state index in [1.807, 2.05) is 11.8 Å². The third kappa shape index (κ3) is 7.06. The van der Waals surface area contributed by atoms with Gasteiger partial charge in [0.25, 0.3) is 0 Å². The molecule has 2 rings (SSSR count). The molecule has 1 aromatic heterocycles. The molecule has 2 heterocycles. The number of aromatic nitrogens is 2. The molecule has 0 bridgehead atoms. The number of esters is 1. The van der Waals surface area contributed by atoms with Gasteiger partial charge in [-0.1, -0.05) is 0 Å². The second-order valence-corrected chi connectivity index (χ2v) is 6.46. The summed E-state index contributed by atoms with van der Waals surface area (Å²) in [5.74, 6) is 0.175. The summed E-state index contributed by atoms with van der Waals surface area (Å²) in [5, 5.41) is 5.94. The Labute approximate surface area is 168 Å². The molecule has 2 N–H and O–H groups in total. The first-order valence-corrected chi connectivity index (χ1v) is 9.69. The molecule has 1 aromatic rings. The second-order valence-electron chi connectivity index (χ2n) is 6.46. The first-order valence-electron chi connectivity index (χ1n) is 9.69. The van der Waals surface area contributed by atoms with E-state index in [0.29, 0.717) is 32.2 Å². The molecule has 0 aliphatic carbocycles. The van der Waals surface area contributed by atoms with Gasteiger partial charge in [-0.05, 0) is 32.8 Å². The van der Waals surface area contributed by atoms with E-state index in [0.717, 1.165) is 31.6 Å². The Kier molecular flexibility index (Phi) is 8.47. The van der Waals surface area contributed by atoms with Crippen LogP contribution >= 0.6 is 0 Å². The van der Waals surface area contributed by atoms with E-state index in [4.69, 9.17) is 4.74 Å². The maximum atomic E-state index is 12.7. The first kappa shape index (κ1) is 22.7. The van der Waals surface area contributed by atoms with Gasteiger partial charge >= 0.3 is 12.1 Å². The molecular formula is C18H27F3N6O2. The topological polar surface area (TPSA) is 91.7 Å². The maximum Gasteiger partial charge on any atom is 0.433 e. The molecular weight excluding hydrogens is 389 g/mol. The fraction of sp³-hybridized carbons (Fsp3) is 0.667. The van der Waals surface area contributed by atoms with Crippen LogP contribution in [0.15, 0.2) is 17.3 Å². The van der Waals surface area contributed by atoms with Gasteiger partial charge in [0.2, 0.25) is 5.95 Å². The monoisotopic (exact) mass is 416 g/mol. The van der Waals surface area contributed by atoms with Crippen molar-refractivity contribution in [3.05, 3.63) is 18.0 Å². The zero-order valence-electron chi connectivity index (χ0n) is 16.6. The van der Waals surface area contributed by atoms with Crippen molar-refractivity contribution >= 4 is 17.9 Å². The lowest BCUT2D eigenvalue weighted by Gasteiger charge is -2.34. The Morgan fingerprint density at radius 1 is 1.41 bits per heavy atom. The molecule has 0 amide bonds. The number of likely N-dealkylation sites (tertiary alicyclic amines) is 1. The number of piperidine rings is 1. The normalized spacial score (nSPS) is 17.8. The van der Waals surface area contributed by atoms with Crippen molar-refractivity contribution in [3.8, 4) is 0 Å². The molecule has 0 spiro atoms. The minimum absolute atomic E-state index is 0.0969. The SMILES string of the molecule is CCNC(=NCCNc1nccc(C(F)(F)F)n1)N1CCCC(C(=O)OCC)C1. The zero-order chi connectivity index (χ0) is 21.3. The van der Waals surface area contributed by atoms with Gasteiger partial charge in [0.1, 0.15) is 5.69 Å². The highest BCUT2D eigenvalue weighted by atomic mass is 19.4. The highest BCUT2D eigenvalue weighted by Gasteiger charge is 2.32. The summed E-state index contributed by atoms with van der Waals surface area (Å²) in [6.45, 7) is 6.60. The number of alkyl halides is 3. The lowest BCUT2D eigenvalue weighted by Crippen LogP contribution is -2.48. The summed E-state index contributed by atoms with van der Waals surface area (Å²) in [6.07, 6.45) is -1.82. The number of hydrogen-bond acceptors (Lipinski definition) is 6. The van der Waals surface area contributed by atoms with Gasteiger partial charge < -0.3 is 20.3 Å². The summed E-state index contributed by atoms with van der Waals surface area (Å²) in [7, 11) is 0. The first-order chi connectivity index (χ1) is 13.8. The minimum Gasteiger partial charge on any atom is -0.466 e. The van der Waals surface area contributed by atoms with Crippen molar-refractivity contribution in [2.75, 3.05) is 44.6 Å². The number of anilines is 1. The van der Waals surface area contributed by atoms with Crippen molar-refractivity contribution in [3.63, 3.8) is 0 Å². The summed E-state index contributed by atoms with van der Waals surface area (Å²) >= 11 is 0. The quantitative estimate of drug-likeness (QED) is 0.305. The standard InChI is InChI=1S/C18H27F3N6O2/c1-3-22-17(27-11-5-6-13(12-27)15(28)29-4-2)25-10-9-24-16-23-8-7-14(26-16)18(19,20)21/h7-8,13H,3-6,9-12H2,1-2H3,(H,22,25)(H,23,24,26). The van der Waals surface area contributed by atoms with Gasteiger partial charge in [0.15, 0.2) is 5.96 Å². The predicted octanol–water partition coefficient (Wildman–Crippen LogP) is 2.15. The van der Waals surface area contributed by atoms with E-state index < -0.39 is 11.9 Å². The van der Waals surface area contributed by atoms with Gasteiger partial charge in [-0.3, -0.25) is 9.79 Å². The molecule has 29 heavy (non-hydrogen) atoms. The van der Waals surface area contributed by atoms with E-state index in [9.17, 15) is 18.0 Å². The lowest BCUT2D eigenvalue weighted by atomic mass is 9.98. The third-order valence-electron chi connectivity index (χ3n) is 4.28. The molecule has 1 aliphatic rings. The highest BCUT2D eigenvalue weighted by molar-refractivity contribution is 5.81. The van der Waals surface area contributed by atoms with E-state index in [1.54, 1.807) is 6.92 Å². The smallest absolute Gasteiger partial charge is 0.433 e. The van der Waals surface area contributed by atoms with Crippen LogP contribution in [0.2, 0.25) is 0 Å². The van der Waals surface area contributed by atoms with Gasteiger partial charge in [0.05, 0.1) is 19.1 Å². The Morgan fingerprint density at radius 2 is 2.21 bits per heavy atom. The number of rotatable bonds is 7. The molecule has 1 aliphatic heterocycles. The Hall–Kier alpha value is -2.59. The predicted molar refractivity (Wildman–Crippen MR) is 102 cm³/mol. The molecule has 0 saturated carbocycles. The van der Waals surface area contributed by atoms with Gasteiger partial charge in [-0.15, -0.1) is 0 Å². The molecule has 1 unspecified atom stereocenters. The molecule has 8 nitrogen and oxygen atoms in total. The lowest BCUT2D eigenvalue weighted by molar-refractivity contribution is -0.149. The van der Waals surface area contributed by atoms with Crippen molar-refractivity contribution in [1.29, 1.82) is 0 Å². The second kappa shape index (κ2) is 10.8. The molecule has 162 valence electrons. The van der Waals surface area contributed by atoms with Crippen LogP contribution in [0.4, 0.5) is 19.1 Å². The molecule has 1 saturated heterocycles. The zero-order valence-corrected chi connectivity index (χ0v) is 16.6. The summed E-state index contributed by atoms with van der Waals surface area (Å²) < 4.78 is 43.2. The number of aliphatic imine (C=N–C) groups is 1. The number of carbonyl (C=O) groups is 1. The third-order valence-corrected chi connectivity index (χ3v) is 4.28. The number of nitrogens with zero attached hydrogens (tertiary/aromatic N) is 4. The highest BCUT2D eigenvalue weighted by Crippen LogP contribution is 2.27. The van der Waals surface area contributed by atoms with Crippen molar-refractivity contribution in [2.45, 2.75) is 32.9 Å². The molecule has 0 radical (unpaired) electrons. The van der Waals surface area contributed by atoms with Gasteiger partial charge in [0, 0.05) is 32.4 Å². The van der Waals surface area contributed by atoms with Crippen molar-refractivity contribution < 1.29 is 22.7 Å². The van der Waals surface area contributed by atoms with E-state index in [2.05, 4.69) is 25.6 Å². The van der Waals surface area contributed by atoms with Crippen LogP contribution < -0.4 is 10.6 Å². The van der Waals surface area contributed by atoms with E-state index in [-0.39, 0.29) is 24.4 Å². The van der Waals surface area contributed by atoms with Crippen LogP contribution in [0.3, 0.4) is 0 Å². The maximum absolute atomic E-state index is 12.7. The van der Waals surface area contributed by atoms with Crippen LogP contribution in [0.1, 0.15) is 32.4 Å². The van der Waals surface area contributed by atoms with Crippen molar-refractivity contribution in [1.82, 2.24) is 20.2 Å². The van der Waals surface area contributed by atoms with E-state index >= 15 is 0 Å². The van der Waals surface area contributed by atoms with Gasteiger partial charge in [-0.25, -0.2) is 9.97 Å². The number of ether oxygens (including phenoxy) is 1. The van der Waals surface area contributed by atoms with Crippen LogP contribution in [0.5, 0.6) is 0 Å². The van der Waals surface area contributed by atoms with Crippen LogP contribution in [-0.4, -0.2) is 66.1 Å². The number of halogens is 3. The summed E-state index contributed by atoms with van der Waals surface area (Å²) in [5.41, 5.74) is -0.995. The fourth-order valence-electron chi connectivity index (χ4n) is 2.98. The van der Waals surface area contributed by atoms with Gasteiger partial charge in [-0.2, -0.15) is 13.2 Å². The largest absolute Gasteiger partial charge is 0.466 e. The molecule has 11 heteroatoms. The fourth-order valence-corrected chi connectivity index (χ4v) is 2.98. The Bertz CT molecular complexity index is 698. The summed E-state index contributed by atoms with van der Waals surface area (Å²) in [6, 6.07) is 0.822. The minimum atomic E-state index is -4.51. The number of hydrogen-bond donors (Lipinski definition) is 2. The Balaban J connectivity index is 1.93. The number of carbonyl (C=O) groups excluding carboxylic acids is 1.